The first-order valence-electron chi connectivity index (χ1n) is 3.82. The Kier molecular flexibility index (Phi) is 2.01. The van der Waals surface area contributed by atoms with Gasteiger partial charge in [-0.2, -0.15) is 15.3 Å². The summed E-state index contributed by atoms with van der Waals surface area (Å²) < 4.78 is 0. The maximum Gasteiger partial charge on any atom is 0.0955 e. The minimum atomic E-state index is -0.0822. The number of aliphatic hydroxyl groups is 1. The van der Waals surface area contributed by atoms with Crippen LogP contribution < -0.4 is 0 Å². The van der Waals surface area contributed by atoms with E-state index in [0.29, 0.717) is 5.69 Å². The lowest BCUT2D eigenvalue weighted by atomic mass is 10.1. The standard InChI is InChI=1S/C8H8N4O/c13-5-8-7(4-11-12-8)6-1-2-9-10-3-6/h1-4,13H,5H2,(H,11,12). The molecule has 0 atom stereocenters. The highest BCUT2D eigenvalue weighted by atomic mass is 16.3. The SMILES string of the molecule is OCc1n[nH]cc1-c1ccnnc1. The zero-order chi connectivity index (χ0) is 9.10. The van der Waals surface area contributed by atoms with Gasteiger partial charge in [0.05, 0.1) is 24.7 Å². The first kappa shape index (κ1) is 7.88. The van der Waals surface area contributed by atoms with Crippen molar-refractivity contribution in [2.75, 3.05) is 0 Å². The second-order valence-corrected chi connectivity index (χ2v) is 2.53. The summed E-state index contributed by atoms with van der Waals surface area (Å²) in [5.41, 5.74) is 2.37. The van der Waals surface area contributed by atoms with Gasteiger partial charge in [-0.05, 0) is 6.07 Å². The molecule has 2 rings (SSSR count). The number of nitrogens with zero attached hydrogens (tertiary/aromatic N) is 3. The summed E-state index contributed by atoms with van der Waals surface area (Å²) in [4.78, 5) is 0. The monoisotopic (exact) mass is 176 g/mol. The number of aromatic nitrogens is 4. The second-order valence-electron chi connectivity index (χ2n) is 2.53. The third-order valence-electron chi connectivity index (χ3n) is 1.76. The summed E-state index contributed by atoms with van der Waals surface area (Å²) in [5.74, 6) is 0. The average molecular weight is 176 g/mol. The van der Waals surface area contributed by atoms with Gasteiger partial charge in [-0.3, -0.25) is 5.10 Å². The van der Waals surface area contributed by atoms with Gasteiger partial charge in [0.25, 0.3) is 0 Å². The Bertz CT molecular complexity index is 384. The smallest absolute Gasteiger partial charge is 0.0955 e. The summed E-state index contributed by atoms with van der Waals surface area (Å²) in [6.07, 6.45) is 4.95. The van der Waals surface area contributed by atoms with Crippen molar-refractivity contribution in [1.29, 1.82) is 0 Å². The van der Waals surface area contributed by atoms with Gasteiger partial charge in [0.15, 0.2) is 0 Å². The third kappa shape index (κ3) is 1.41. The third-order valence-corrected chi connectivity index (χ3v) is 1.76. The lowest BCUT2D eigenvalue weighted by Crippen LogP contribution is -1.88. The van der Waals surface area contributed by atoms with Crippen molar-refractivity contribution in [3.8, 4) is 11.1 Å². The van der Waals surface area contributed by atoms with E-state index in [1.807, 2.05) is 6.07 Å². The van der Waals surface area contributed by atoms with E-state index in [1.54, 1.807) is 18.6 Å². The van der Waals surface area contributed by atoms with Gasteiger partial charge < -0.3 is 5.11 Å². The van der Waals surface area contributed by atoms with Gasteiger partial charge in [-0.15, -0.1) is 0 Å². The van der Waals surface area contributed by atoms with Crippen LogP contribution in [0.2, 0.25) is 0 Å². The summed E-state index contributed by atoms with van der Waals surface area (Å²) in [6, 6.07) is 1.82. The van der Waals surface area contributed by atoms with Crippen LogP contribution in [-0.2, 0) is 6.61 Å². The minimum absolute atomic E-state index is 0.0822. The summed E-state index contributed by atoms with van der Waals surface area (Å²) in [6.45, 7) is -0.0822. The van der Waals surface area contributed by atoms with Crippen LogP contribution in [0.15, 0.2) is 24.7 Å². The van der Waals surface area contributed by atoms with Gasteiger partial charge in [0.1, 0.15) is 0 Å². The Morgan fingerprint density at radius 2 is 2.31 bits per heavy atom. The molecule has 0 saturated carbocycles. The predicted molar refractivity (Wildman–Crippen MR) is 45.5 cm³/mol. The van der Waals surface area contributed by atoms with Crippen molar-refractivity contribution < 1.29 is 5.11 Å². The Labute approximate surface area is 74.5 Å². The molecule has 0 saturated heterocycles. The van der Waals surface area contributed by atoms with Gasteiger partial charge >= 0.3 is 0 Å². The van der Waals surface area contributed by atoms with E-state index in [1.165, 1.54) is 0 Å². The molecule has 5 nitrogen and oxygen atoms in total. The van der Waals surface area contributed by atoms with Crippen LogP contribution in [0.25, 0.3) is 11.1 Å². The Morgan fingerprint density at radius 1 is 1.38 bits per heavy atom. The van der Waals surface area contributed by atoms with Crippen molar-refractivity contribution in [2.45, 2.75) is 6.61 Å². The van der Waals surface area contributed by atoms with E-state index in [2.05, 4.69) is 20.4 Å². The fourth-order valence-corrected chi connectivity index (χ4v) is 1.14. The van der Waals surface area contributed by atoms with Crippen molar-refractivity contribution in [2.24, 2.45) is 0 Å². The highest BCUT2D eigenvalue weighted by molar-refractivity contribution is 5.63. The number of aliphatic hydroxyl groups excluding tert-OH is 1. The first-order chi connectivity index (χ1) is 6.42. The molecule has 0 unspecified atom stereocenters. The molecule has 2 aromatic heterocycles. The van der Waals surface area contributed by atoms with E-state index in [9.17, 15) is 0 Å². The number of aromatic amines is 1. The highest BCUT2D eigenvalue weighted by Gasteiger charge is 2.06. The fraction of sp³-hybridized carbons (Fsp3) is 0.125. The van der Waals surface area contributed by atoms with E-state index < -0.39 is 0 Å². The molecule has 0 aliphatic carbocycles. The van der Waals surface area contributed by atoms with E-state index in [0.717, 1.165) is 11.1 Å². The van der Waals surface area contributed by atoms with E-state index in [-0.39, 0.29) is 6.61 Å². The van der Waals surface area contributed by atoms with Crippen LogP contribution >= 0.6 is 0 Å². The Hall–Kier alpha value is -1.75. The van der Waals surface area contributed by atoms with Gasteiger partial charge in [-0.1, -0.05) is 0 Å². The molecule has 2 heterocycles. The summed E-state index contributed by atoms with van der Waals surface area (Å²) in [7, 11) is 0. The molecule has 0 aromatic carbocycles. The van der Waals surface area contributed by atoms with Gasteiger partial charge in [-0.25, -0.2) is 0 Å². The second kappa shape index (κ2) is 3.32. The molecule has 0 radical (unpaired) electrons. The average Bonchev–Trinajstić information content (AvgIpc) is 2.67. The fourth-order valence-electron chi connectivity index (χ4n) is 1.14. The van der Waals surface area contributed by atoms with Crippen LogP contribution in [0.3, 0.4) is 0 Å². The van der Waals surface area contributed by atoms with Crippen LogP contribution in [-0.4, -0.2) is 25.5 Å². The van der Waals surface area contributed by atoms with Gasteiger partial charge in [0, 0.05) is 17.3 Å². The van der Waals surface area contributed by atoms with Crippen LogP contribution in [0.5, 0.6) is 0 Å². The molecule has 0 fully saturated rings. The summed E-state index contributed by atoms with van der Waals surface area (Å²) >= 11 is 0. The molecule has 2 N–H and O–H groups in total. The molecule has 0 amide bonds. The predicted octanol–water partition coefficient (Wildman–Crippen LogP) is 0.359. The normalized spacial score (nSPS) is 10.2. The zero-order valence-electron chi connectivity index (χ0n) is 6.81. The van der Waals surface area contributed by atoms with Crippen LogP contribution in [0.1, 0.15) is 5.69 Å². The largest absolute Gasteiger partial charge is 0.390 e. The van der Waals surface area contributed by atoms with Crippen LogP contribution in [0, 0.1) is 0 Å². The van der Waals surface area contributed by atoms with E-state index in [4.69, 9.17) is 5.11 Å². The lowest BCUT2D eigenvalue weighted by molar-refractivity contribution is 0.277. The van der Waals surface area contributed by atoms with Crippen molar-refractivity contribution in [3.63, 3.8) is 0 Å². The molecular formula is C8H8N4O. The highest BCUT2D eigenvalue weighted by Crippen LogP contribution is 2.19. The molecule has 13 heavy (non-hydrogen) atoms. The maximum atomic E-state index is 8.95. The number of hydrogen-bond donors (Lipinski definition) is 2. The topological polar surface area (TPSA) is 74.7 Å². The Balaban J connectivity index is 2.47. The Morgan fingerprint density at radius 3 is 3.00 bits per heavy atom. The van der Waals surface area contributed by atoms with Crippen molar-refractivity contribution in [1.82, 2.24) is 20.4 Å². The molecule has 0 spiro atoms. The minimum Gasteiger partial charge on any atom is -0.390 e. The molecular weight excluding hydrogens is 168 g/mol. The number of hydrogen-bond acceptors (Lipinski definition) is 4. The number of rotatable bonds is 2. The first-order valence-corrected chi connectivity index (χ1v) is 3.82. The summed E-state index contributed by atoms with van der Waals surface area (Å²) in [5, 5.41) is 22.9. The molecule has 0 bridgehead atoms. The maximum absolute atomic E-state index is 8.95. The molecule has 0 aliphatic heterocycles. The van der Waals surface area contributed by atoms with Crippen molar-refractivity contribution in [3.05, 3.63) is 30.4 Å². The van der Waals surface area contributed by atoms with Gasteiger partial charge in [0.2, 0.25) is 0 Å². The lowest BCUT2D eigenvalue weighted by Gasteiger charge is -1.96. The molecule has 66 valence electrons. The quantitative estimate of drug-likeness (QED) is 0.692. The molecule has 0 aliphatic rings. The van der Waals surface area contributed by atoms with Crippen LogP contribution in [0.4, 0.5) is 0 Å². The van der Waals surface area contributed by atoms with Crippen molar-refractivity contribution >= 4 is 0 Å². The number of H-pyrrole nitrogens is 1. The number of nitrogens with one attached hydrogen (secondary N) is 1. The van der Waals surface area contributed by atoms with E-state index >= 15 is 0 Å². The molecule has 5 heteroatoms. The zero-order valence-corrected chi connectivity index (χ0v) is 6.81. The molecule has 2 aromatic rings.